The minimum absolute atomic E-state index is 0.0788. The van der Waals surface area contributed by atoms with Crippen LogP contribution in [0.1, 0.15) is 194 Å². The van der Waals surface area contributed by atoms with Gasteiger partial charge in [0.15, 0.2) is 0 Å². The van der Waals surface area contributed by atoms with Gasteiger partial charge in [-0.3, -0.25) is 14.4 Å². The number of unbranched alkanes of at least 4 members (excludes halogenated alkanes) is 19. The minimum atomic E-state index is -1.02. The summed E-state index contributed by atoms with van der Waals surface area (Å²) in [7, 11) is 0. The van der Waals surface area contributed by atoms with Crippen molar-refractivity contribution >= 4 is 17.8 Å². The fourth-order valence-electron chi connectivity index (χ4n) is 5.67. The van der Waals surface area contributed by atoms with Gasteiger partial charge in [-0.15, -0.1) is 0 Å². The average Bonchev–Trinajstić information content (AvgIpc) is 3.08. The zero-order chi connectivity index (χ0) is 35.9. The number of esters is 1. The zero-order valence-electron chi connectivity index (χ0n) is 31.8. The Morgan fingerprint density at radius 3 is 1.57 bits per heavy atom. The highest BCUT2D eigenvalue weighted by Gasteiger charge is 2.11. The Labute approximate surface area is 301 Å². The molecule has 1 amide bonds. The Hall–Kier alpha value is -2.63. The molecule has 1 atom stereocenters. The number of hydrogen-bond acceptors (Lipinski definition) is 4. The van der Waals surface area contributed by atoms with Crippen LogP contribution in [0.15, 0.2) is 48.6 Å². The number of ether oxygens (including phenoxy) is 1. The van der Waals surface area contributed by atoms with Gasteiger partial charge in [0.2, 0.25) is 5.91 Å². The molecule has 6 nitrogen and oxygen atoms in total. The van der Waals surface area contributed by atoms with Crippen LogP contribution in [0.5, 0.6) is 0 Å². The van der Waals surface area contributed by atoms with Crippen molar-refractivity contribution < 1.29 is 24.2 Å². The largest absolute Gasteiger partial charge is 0.480 e. The van der Waals surface area contributed by atoms with Gasteiger partial charge in [-0.05, 0) is 83.1 Å². The SMILES string of the molecule is CCCCC/C=C\C/C=C\CCCCCCCCCC(=O)OC(/C=C\C/C=C\CCCCCC)CCCCCCCCC(=O)NCC(=O)O. The number of rotatable bonds is 36. The van der Waals surface area contributed by atoms with Crippen LogP contribution in [-0.4, -0.2) is 35.6 Å². The topological polar surface area (TPSA) is 92.7 Å². The second-order valence-electron chi connectivity index (χ2n) is 13.5. The maximum Gasteiger partial charge on any atom is 0.322 e. The quantitative estimate of drug-likeness (QED) is 0.0389. The standard InChI is InChI=1S/C43H75NO5/c1-3-5-7-9-11-13-14-15-16-17-18-19-20-22-24-30-34-38-43(48)49-40(35-31-27-23-21-12-10-8-6-4-2)36-32-28-25-26-29-33-37-41(45)44-39-42(46)47/h11,13,15-16,21,23,31,35,40H,3-10,12,14,17-20,22,24-30,32-34,36-39H2,1-2H3,(H,44,45)(H,46,47)/b13-11-,16-15-,23-21-,35-31-. The third-order valence-corrected chi connectivity index (χ3v) is 8.71. The molecule has 0 bridgehead atoms. The summed E-state index contributed by atoms with van der Waals surface area (Å²) in [4.78, 5) is 34.8. The molecule has 282 valence electrons. The maximum atomic E-state index is 12.7. The van der Waals surface area contributed by atoms with Crippen molar-refractivity contribution in [2.45, 2.75) is 200 Å². The van der Waals surface area contributed by atoms with Crippen molar-refractivity contribution in [2.75, 3.05) is 6.54 Å². The third kappa shape index (κ3) is 38.0. The van der Waals surface area contributed by atoms with Crippen molar-refractivity contribution in [3.05, 3.63) is 48.6 Å². The molecule has 0 aliphatic heterocycles. The van der Waals surface area contributed by atoms with Gasteiger partial charge in [-0.25, -0.2) is 0 Å². The number of carboxylic acid groups (broad SMARTS) is 1. The Morgan fingerprint density at radius 2 is 1.00 bits per heavy atom. The first-order valence-corrected chi connectivity index (χ1v) is 20.3. The first kappa shape index (κ1) is 46.4. The molecule has 0 rings (SSSR count). The number of carbonyl (C=O) groups excluding carboxylic acids is 2. The summed E-state index contributed by atoms with van der Waals surface area (Å²) in [5.41, 5.74) is 0. The number of hydrogen-bond donors (Lipinski definition) is 2. The normalized spacial score (nSPS) is 12.5. The molecule has 0 radical (unpaired) electrons. The lowest BCUT2D eigenvalue weighted by atomic mass is 10.1. The van der Waals surface area contributed by atoms with E-state index in [4.69, 9.17) is 9.84 Å². The summed E-state index contributed by atoms with van der Waals surface area (Å²) in [6, 6.07) is 0. The van der Waals surface area contributed by atoms with Crippen molar-refractivity contribution in [3.8, 4) is 0 Å². The highest BCUT2D eigenvalue weighted by molar-refractivity contribution is 5.80. The number of amides is 1. The van der Waals surface area contributed by atoms with Gasteiger partial charge in [0.05, 0.1) is 0 Å². The van der Waals surface area contributed by atoms with Crippen LogP contribution in [0.3, 0.4) is 0 Å². The number of nitrogens with one attached hydrogen (secondary N) is 1. The van der Waals surface area contributed by atoms with Crippen molar-refractivity contribution in [2.24, 2.45) is 0 Å². The van der Waals surface area contributed by atoms with Gasteiger partial charge >= 0.3 is 11.9 Å². The van der Waals surface area contributed by atoms with Crippen LogP contribution in [0.25, 0.3) is 0 Å². The molecular formula is C43H75NO5. The summed E-state index contributed by atoms with van der Waals surface area (Å²) in [6.45, 7) is 4.17. The van der Waals surface area contributed by atoms with E-state index in [1.54, 1.807) is 0 Å². The van der Waals surface area contributed by atoms with E-state index in [9.17, 15) is 14.4 Å². The highest BCUT2D eigenvalue weighted by Crippen LogP contribution is 2.15. The summed E-state index contributed by atoms with van der Waals surface area (Å²) < 4.78 is 5.92. The molecule has 0 saturated heterocycles. The Balaban J connectivity index is 4.19. The second-order valence-corrected chi connectivity index (χ2v) is 13.5. The predicted octanol–water partition coefficient (Wildman–Crippen LogP) is 12.3. The minimum Gasteiger partial charge on any atom is -0.480 e. The molecule has 1 unspecified atom stereocenters. The van der Waals surface area contributed by atoms with Crippen LogP contribution in [0.2, 0.25) is 0 Å². The molecule has 0 saturated carbocycles. The zero-order valence-corrected chi connectivity index (χ0v) is 31.8. The lowest BCUT2D eigenvalue weighted by molar-refractivity contribution is -0.147. The van der Waals surface area contributed by atoms with Crippen LogP contribution in [0, 0.1) is 0 Å². The molecule has 2 N–H and O–H groups in total. The van der Waals surface area contributed by atoms with Gasteiger partial charge in [0, 0.05) is 12.8 Å². The maximum absolute atomic E-state index is 12.7. The molecule has 49 heavy (non-hydrogen) atoms. The first-order chi connectivity index (χ1) is 24.0. The second kappa shape index (κ2) is 38.2. The number of carboxylic acids is 1. The van der Waals surface area contributed by atoms with Crippen LogP contribution < -0.4 is 5.32 Å². The molecule has 0 heterocycles. The number of aliphatic carboxylic acids is 1. The van der Waals surface area contributed by atoms with Gasteiger partial charge in [0.25, 0.3) is 0 Å². The number of allylic oxidation sites excluding steroid dienone is 7. The highest BCUT2D eigenvalue weighted by atomic mass is 16.5. The smallest absolute Gasteiger partial charge is 0.322 e. The molecule has 0 aromatic carbocycles. The van der Waals surface area contributed by atoms with Gasteiger partial charge in [0.1, 0.15) is 12.6 Å². The van der Waals surface area contributed by atoms with E-state index in [2.05, 4.69) is 67.8 Å². The Bertz CT molecular complexity index is 891. The monoisotopic (exact) mass is 686 g/mol. The summed E-state index contributed by atoms with van der Waals surface area (Å²) in [5.74, 6) is -1.30. The molecule has 0 aromatic rings. The summed E-state index contributed by atoms with van der Waals surface area (Å²) in [6.07, 6.45) is 48.2. The molecule has 0 aliphatic rings. The molecule has 0 aliphatic carbocycles. The van der Waals surface area contributed by atoms with Crippen LogP contribution in [-0.2, 0) is 19.1 Å². The Morgan fingerprint density at radius 1 is 0.551 bits per heavy atom. The summed E-state index contributed by atoms with van der Waals surface area (Å²) >= 11 is 0. The Kier molecular flexibility index (Phi) is 36.1. The fourth-order valence-corrected chi connectivity index (χ4v) is 5.67. The van der Waals surface area contributed by atoms with Gasteiger partial charge < -0.3 is 15.2 Å². The molecule has 0 aromatic heterocycles. The van der Waals surface area contributed by atoms with E-state index in [1.807, 2.05) is 0 Å². The first-order valence-electron chi connectivity index (χ1n) is 20.3. The molecule has 0 spiro atoms. The molecule has 0 fully saturated rings. The van der Waals surface area contributed by atoms with E-state index >= 15 is 0 Å². The van der Waals surface area contributed by atoms with E-state index in [0.717, 1.165) is 77.0 Å². The number of carbonyl (C=O) groups is 3. The lowest BCUT2D eigenvalue weighted by Crippen LogP contribution is -2.28. The van der Waals surface area contributed by atoms with E-state index in [0.29, 0.717) is 12.8 Å². The molecule has 6 heteroatoms. The molecular weight excluding hydrogens is 610 g/mol. The fraction of sp³-hybridized carbons (Fsp3) is 0.744. The van der Waals surface area contributed by atoms with Gasteiger partial charge in [-0.2, -0.15) is 0 Å². The van der Waals surface area contributed by atoms with E-state index in [-0.39, 0.29) is 24.5 Å². The third-order valence-electron chi connectivity index (χ3n) is 8.71. The van der Waals surface area contributed by atoms with Crippen molar-refractivity contribution in [1.29, 1.82) is 0 Å². The van der Waals surface area contributed by atoms with E-state index in [1.165, 1.54) is 89.9 Å². The van der Waals surface area contributed by atoms with Crippen molar-refractivity contribution in [1.82, 2.24) is 5.32 Å². The van der Waals surface area contributed by atoms with E-state index < -0.39 is 5.97 Å². The van der Waals surface area contributed by atoms with Gasteiger partial charge in [-0.1, -0.05) is 146 Å². The van der Waals surface area contributed by atoms with Crippen LogP contribution in [0.4, 0.5) is 0 Å². The average molecular weight is 686 g/mol. The lowest BCUT2D eigenvalue weighted by Gasteiger charge is -2.14. The van der Waals surface area contributed by atoms with Crippen molar-refractivity contribution in [3.63, 3.8) is 0 Å². The predicted molar refractivity (Wildman–Crippen MR) is 208 cm³/mol. The van der Waals surface area contributed by atoms with Crippen LogP contribution >= 0.6 is 0 Å². The summed E-state index contributed by atoms with van der Waals surface area (Å²) in [5, 5.41) is 11.0.